The van der Waals surface area contributed by atoms with Gasteiger partial charge in [0.15, 0.2) is 0 Å². The average molecular weight is 334 g/mol. The van der Waals surface area contributed by atoms with Crippen LogP contribution in [-0.4, -0.2) is 63.6 Å². The molecular weight excluding hydrogens is 308 g/mol. The molecule has 0 saturated carbocycles. The van der Waals surface area contributed by atoms with Gasteiger partial charge in [-0.15, -0.1) is 0 Å². The Hall–Kier alpha value is -2.05. The fourth-order valence-corrected chi connectivity index (χ4v) is 3.62. The van der Waals surface area contributed by atoms with Crippen LogP contribution in [0.15, 0.2) is 12.4 Å². The summed E-state index contributed by atoms with van der Waals surface area (Å²) in [5, 5.41) is 0. The highest BCUT2D eigenvalue weighted by atomic mass is 16.6. The summed E-state index contributed by atoms with van der Waals surface area (Å²) in [7, 11) is 0. The van der Waals surface area contributed by atoms with Crippen molar-refractivity contribution < 1.29 is 14.3 Å². The molecule has 1 aromatic heterocycles. The predicted molar refractivity (Wildman–Crippen MR) is 88.7 cm³/mol. The third-order valence-electron chi connectivity index (χ3n) is 5.00. The van der Waals surface area contributed by atoms with E-state index in [4.69, 9.17) is 4.74 Å². The van der Waals surface area contributed by atoms with Crippen molar-refractivity contribution in [2.45, 2.75) is 51.6 Å². The van der Waals surface area contributed by atoms with Gasteiger partial charge in [0.25, 0.3) is 0 Å². The van der Waals surface area contributed by atoms with E-state index in [1.165, 1.54) is 0 Å². The standard InChI is InChI=1S/C17H26N4O3/c1-12(2)15-18-6-9-20(15)13(3)16(22)19-7-4-14(5-8-19)21-10-11-24-17(21)23/h6,9,12-14H,4-5,7-8,10-11H2,1-3H3/t13-/m0/s1. The normalized spacial score (nSPS) is 20.6. The average Bonchev–Trinajstić information content (AvgIpc) is 3.22. The Balaban J connectivity index is 1.60. The van der Waals surface area contributed by atoms with Gasteiger partial charge in [0, 0.05) is 37.4 Å². The fraction of sp³-hybridized carbons (Fsp3) is 0.706. The largest absolute Gasteiger partial charge is 0.448 e. The molecule has 7 heteroatoms. The summed E-state index contributed by atoms with van der Waals surface area (Å²) in [6.07, 6.45) is 5.05. The lowest BCUT2D eigenvalue weighted by Gasteiger charge is -2.36. The number of carbonyl (C=O) groups is 2. The van der Waals surface area contributed by atoms with Crippen LogP contribution in [0, 0.1) is 0 Å². The van der Waals surface area contributed by atoms with Gasteiger partial charge in [-0.05, 0) is 19.8 Å². The molecule has 0 unspecified atom stereocenters. The Bertz CT molecular complexity index is 605. The topological polar surface area (TPSA) is 67.7 Å². The maximum Gasteiger partial charge on any atom is 0.410 e. The molecule has 0 spiro atoms. The summed E-state index contributed by atoms with van der Waals surface area (Å²) >= 11 is 0. The van der Waals surface area contributed by atoms with Crippen LogP contribution in [0.2, 0.25) is 0 Å². The number of piperidine rings is 1. The second-order valence-corrected chi connectivity index (χ2v) is 6.89. The number of hydrogen-bond acceptors (Lipinski definition) is 4. The van der Waals surface area contributed by atoms with Crippen LogP contribution < -0.4 is 0 Å². The highest BCUT2D eigenvalue weighted by Crippen LogP contribution is 2.23. The first-order valence-corrected chi connectivity index (χ1v) is 8.74. The lowest BCUT2D eigenvalue weighted by molar-refractivity contribution is -0.135. The first-order chi connectivity index (χ1) is 11.5. The van der Waals surface area contributed by atoms with Crippen molar-refractivity contribution in [1.29, 1.82) is 0 Å². The number of hydrogen-bond donors (Lipinski definition) is 0. The highest BCUT2D eigenvalue weighted by molar-refractivity contribution is 5.80. The van der Waals surface area contributed by atoms with Crippen molar-refractivity contribution in [2.24, 2.45) is 0 Å². The van der Waals surface area contributed by atoms with E-state index in [2.05, 4.69) is 18.8 Å². The van der Waals surface area contributed by atoms with Gasteiger partial charge in [-0.25, -0.2) is 9.78 Å². The molecule has 2 aliphatic heterocycles. The second kappa shape index (κ2) is 6.83. The van der Waals surface area contributed by atoms with E-state index in [1.54, 1.807) is 11.1 Å². The molecule has 3 heterocycles. The number of nitrogens with zero attached hydrogens (tertiary/aromatic N) is 4. The number of ether oxygens (including phenoxy) is 1. The number of amides is 2. The Morgan fingerprint density at radius 1 is 1.25 bits per heavy atom. The van der Waals surface area contributed by atoms with Crippen LogP contribution in [0.3, 0.4) is 0 Å². The van der Waals surface area contributed by atoms with Crippen molar-refractivity contribution in [3.8, 4) is 0 Å². The lowest BCUT2D eigenvalue weighted by Crippen LogP contribution is -2.48. The van der Waals surface area contributed by atoms with Gasteiger partial charge in [-0.3, -0.25) is 4.79 Å². The van der Waals surface area contributed by atoms with Gasteiger partial charge in [-0.1, -0.05) is 13.8 Å². The predicted octanol–water partition coefficient (Wildman–Crippen LogP) is 2.01. The first-order valence-electron chi connectivity index (χ1n) is 8.74. The fourth-order valence-electron chi connectivity index (χ4n) is 3.62. The van der Waals surface area contributed by atoms with E-state index in [1.807, 2.05) is 22.6 Å². The second-order valence-electron chi connectivity index (χ2n) is 6.89. The molecule has 3 rings (SSSR count). The van der Waals surface area contributed by atoms with E-state index < -0.39 is 0 Å². The number of rotatable bonds is 4. The lowest BCUT2D eigenvalue weighted by atomic mass is 10.0. The molecule has 1 aromatic rings. The smallest absolute Gasteiger partial charge is 0.410 e. The molecule has 0 aliphatic carbocycles. The summed E-state index contributed by atoms with van der Waals surface area (Å²) in [6.45, 7) is 8.61. The molecule has 7 nitrogen and oxygen atoms in total. The van der Waals surface area contributed by atoms with Crippen LogP contribution in [0.1, 0.15) is 51.4 Å². The van der Waals surface area contributed by atoms with Gasteiger partial charge >= 0.3 is 6.09 Å². The summed E-state index contributed by atoms with van der Waals surface area (Å²) in [4.78, 5) is 32.6. The van der Waals surface area contributed by atoms with E-state index >= 15 is 0 Å². The molecular formula is C17H26N4O3. The first kappa shape index (κ1) is 16.8. The Labute approximate surface area is 142 Å². The van der Waals surface area contributed by atoms with E-state index in [9.17, 15) is 9.59 Å². The molecule has 1 atom stereocenters. The molecule has 0 N–H and O–H groups in total. The van der Waals surface area contributed by atoms with Crippen LogP contribution in [-0.2, 0) is 9.53 Å². The number of cyclic esters (lactones) is 1. The highest BCUT2D eigenvalue weighted by Gasteiger charge is 2.34. The third kappa shape index (κ3) is 3.12. The minimum atomic E-state index is -0.252. The van der Waals surface area contributed by atoms with Crippen molar-refractivity contribution in [1.82, 2.24) is 19.4 Å². The van der Waals surface area contributed by atoms with Gasteiger partial charge in [0.05, 0.1) is 6.54 Å². The Morgan fingerprint density at radius 2 is 1.96 bits per heavy atom. The zero-order valence-corrected chi connectivity index (χ0v) is 14.6. The van der Waals surface area contributed by atoms with Gasteiger partial charge in [0.2, 0.25) is 5.91 Å². The zero-order valence-electron chi connectivity index (χ0n) is 14.6. The van der Waals surface area contributed by atoms with Crippen LogP contribution in [0.25, 0.3) is 0 Å². The number of carbonyl (C=O) groups excluding carboxylic acids is 2. The van der Waals surface area contributed by atoms with Crippen LogP contribution >= 0.6 is 0 Å². The summed E-state index contributed by atoms with van der Waals surface area (Å²) in [5.41, 5.74) is 0. The zero-order chi connectivity index (χ0) is 17.3. The van der Waals surface area contributed by atoms with Gasteiger partial charge in [0.1, 0.15) is 18.5 Å². The van der Waals surface area contributed by atoms with Crippen LogP contribution in [0.4, 0.5) is 4.79 Å². The van der Waals surface area contributed by atoms with Crippen molar-refractivity contribution in [3.63, 3.8) is 0 Å². The summed E-state index contributed by atoms with van der Waals surface area (Å²) in [5.74, 6) is 1.34. The molecule has 2 amide bonds. The maximum absolute atomic E-state index is 12.8. The minimum absolute atomic E-state index is 0.123. The molecule has 0 radical (unpaired) electrons. The van der Waals surface area contributed by atoms with Crippen molar-refractivity contribution in [2.75, 3.05) is 26.2 Å². The molecule has 2 saturated heterocycles. The quantitative estimate of drug-likeness (QED) is 0.845. The molecule has 0 bridgehead atoms. The number of aromatic nitrogens is 2. The number of likely N-dealkylation sites (tertiary alicyclic amines) is 1. The molecule has 24 heavy (non-hydrogen) atoms. The van der Waals surface area contributed by atoms with Gasteiger partial charge < -0.3 is 19.1 Å². The monoisotopic (exact) mass is 334 g/mol. The molecule has 0 aromatic carbocycles. The van der Waals surface area contributed by atoms with Crippen LogP contribution in [0.5, 0.6) is 0 Å². The Morgan fingerprint density at radius 3 is 2.54 bits per heavy atom. The minimum Gasteiger partial charge on any atom is -0.448 e. The summed E-state index contributed by atoms with van der Waals surface area (Å²) < 4.78 is 6.98. The number of imidazole rings is 1. The van der Waals surface area contributed by atoms with Crippen molar-refractivity contribution in [3.05, 3.63) is 18.2 Å². The van der Waals surface area contributed by atoms with Crippen molar-refractivity contribution >= 4 is 12.0 Å². The SMILES string of the molecule is CC(C)c1nccn1[C@@H](C)C(=O)N1CCC(N2CCOC2=O)CC1. The molecule has 2 aliphatic rings. The summed E-state index contributed by atoms with van der Waals surface area (Å²) in [6, 6.07) is -0.0583. The van der Waals surface area contributed by atoms with E-state index in [0.29, 0.717) is 26.2 Å². The molecule has 2 fully saturated rings. The maximum atomic E-state index is 12.8. The van der Waals surface area contributed by atoms with E-state index in [0.717, 1.165) is 18.7 Å². The third-order valence-corrected chi connectivity index (χ3v) is 5.00. The van der Waals surface area contributed by atoms with E-state index in [-0.39, 0.29) is 30.0 Å². The van der Waals surface area contributed by atoms with Gasteiger partial charge in [-0.2, -0.15) is 0 Å². The Kier molecular flexibility index (Phi) is 4.78. The molecule has 132 valence electrons.